The van der Waals surface area contributed by atoms with E-state index < -0.39 is 0 Å². The standard InChI is InChI=1S/C10H20N4O/c1-9(2)14-10(12-8-13-14)7-11-5-4-6-15-3/h8-9,11H,4-7H2,1-3H3. The molecule has 0 saturated carbocycles. The Morgan fingerprint density at radius 1 is 1.53 bits per heavy atom. The van der Waals surface area contributed by atoms with Crippen molar-refractivity contribution in [2.24, 2.45) is 0 Å². The van der Waals surface area contributed by atoms with E-state index in [-0.39, 0.29) is 0 Å². The summed E-state index contributed by atoms with van der Waals surface area (Å²) < 4.78 is 6.90. The summed E-state index contributed by atoms with van der Waals surface area (Å²) in [4.78, 5) is 4.21. The van der Waals surface area contributed by atoms with Gasteiger partial charge in [0, 0.05) is 19.8 Å². The predicted molar refractivity (Wildman–Crippen MR) is 58.6 cm³/mol. The van der Waals surface area contributed by atoms with Crippen molar-refractivity contribution in [2.45, 2.75) is 32.9 Å². The van der Waals surface area contributed by atoms with Gasteiger partial charge in [0.2, 0.25) is 0 Å². The largest absolute Gasteiger partial charge is 0.385 e. The summed E-state index contributed by atoms with van der Waals surface area (Å²) in [5.41, 5.74) is 0. The first kappa shape index (κ1) is 12.1. The van der Waals surface area contributed by atoms with E-state index in [0.29, 0.717) is 6.04 Å². The second-order valence-corrected chi connectivity index (χ2v) is 3.74. The fraction of sp³-hybridized carbons (Fsp3) is 0.800. The Balaban J connectivity index is 2.28. The van der Waals surface area contributed by atoms with Gasteiger partial charge in [-0.15, -0.1) is 0 Å². The van der Waals surface area contributed by atoms with Gasteiger partial charge < -0.3 is 10.1 Å². The predicted octanol–water partition coefficient (Wildman–Crippen LogP) is 0.985. The molecule has 0 unspecified atom stereocenters. The molecule has 1 aromatic rings. The van der Waals surface area contributed by atoms with Crippen LogP contribution >= 0.6 is 0 Å². The number of nitrogens with zero attached hydrogens (tertiary/aromatic N) is 3. The minimum Gasteiger partial charge on any atom is -0.385 e. The minimum absolute atomic E-state index is 0.364. The van der Waals surface area contributed by atoms with E-state index in [1.807, 2.05) is 4.68 Å². The van der Waals surface area contributed by atoms with Gasteiger partial charge in [0.15, 0.2) is 0 Å². The lowest BCUT2D eigenvalue weighted by atomic mass is 10.4. The fourth-order valence-electron chi connectivity index (χ4n) is 1.37. The smallest absolute Gasteiger partial charge is 0.141 e. The molecule has 0 aromatic carbocycles. The van der Waals surface area contributed by atoms with Crippen LogP contribution in [0.2, 0.25) is 0 Å². The van der Waals surface area contributed by atoms with Crippen molar-refractivity contribution in [3.63, 3.8) is 0 Å². The van der Waals surface area contributed by atoms with Crippen LogP contribution in [0.4, 0.5) is 0 Å². The van der Waals surface area contributed by atoms with Crippen molar-refractivity contribution in [1.29, 1.82) is 0 Å². The molecule has 0 aliphatic heterocycles. The van der Waals surface area contributed by atoms with Crippen LogP contribution in [0.5, 0.6) is 0 Å². The summed E-state index contributed by atoms with van der Waals surface area (Å²) in [6, 6.07) is 0.364. The maximum atomic E-state index is 4.97. The maximum absolute atomic E-state index is 4.97. The van der Waals surface area contributed by atoms with Gasteiger partial charge in [0.25, 0.3) is 0 Å². The summed E-state index contributed by atoms with van der Waals surface area (Å²) in [5, 5.41) is 7.49. The van der Waals surface area contributed by atoms with Crippen molar-refractivity contribution in [3.8, 4) is 0 Å². The Kier molecular flexibility index (Phi) is 5.28. The minimum atomic E-state index is 0.364. The van der Waals surface area contributed by atoms with Crippen LogP contribution in [-0.4, -0.2) is 35.0 Å². The van der Waals surface area contributed by atoms with Gasteiger partial charge in [-0.3, -0.25) is 0 Å². The zero-order valence-electron chi connectivity index (χ0n) is 9.73. The normalized spacial score (nSPS) is 11.2. The number of methoxy groups -OCH3 is 1. The molecule has 0 atom stereocenters. The number of nitrogens with one attached hydrogen (secondary N) is 1. The topological polar surface area (TPSA) is 52.0 Å². The molecular weight excluding hydrogens is 192 g/mol. The van der Waals surface area contributed by atoms with Crippen LogP contribution in [0.3, 0.4) is 0 Å². The van der Waals surface area contributed by atoms with Gasteiger partial charge in [-0.05, 0) is 26.8 Å². The first-order valence-electron chi connectivity index (χ1n) is 5.33. The molecule has 0 fully saturated rings. The zero-order chi connectivity index (χ0) is 11.1. The Morgan fingerprint density at radius 2 is 2.33 bits per heavy atom. The lowest BCUT2D eigenvalue weighted by molar-refractivity contribution is 0.194. The van der Waals surface area contributed by atoms with Gasteiger partial charge in [-0.1, -0.05) is 0 Å². The number of rotatable bonds is 7. The van der Waals surface area contributed by atoms with E-state index in [1.165, 1.54) is 0 Å². The molecule has 86 valence electrons. The van der Waals surface area contributed by atoms with Gasteiger partial charge in [-0.25, -0.2) is 9.67 Å². The Hall–Kier alpha value is -0.940. The van der Waals surface area contributed by atoms with Crippen LogP contribution in [0.25, 0.3) is 0 Å². The maximum Gasteiger partial charge on any atom is 0.141 e. The molecule has 0 aliphatic rings. The van der Waals surface area contributed by atoms with Crippen molar-refractivity contribution in [3.05, 3.63) is 12.2 Å². The lowest BCUT2D eigenvalue weighted by Gasteiger charge is -2.09. The van der Waals surface area contributed by atoms with E-state index >= 15 is 0 Å². The highest BCUT2D eigenvalue weighted by Gasteiger charge is 2.05. The lowest BCUT2D eigenvalue weighted by Crippen LogP contribution is -2.20. The Labute approximate surface area is 90.8 Å². The van der Waals surface area contributed by atoms with Gasteiger partial charge >= 0.3 is 0 Å². The average Bonchev–Trinajstić information content (AvgIpc) is 2.66. The summed E-state index contributed by atoms with van der Waals surface area (Å²) in [6.45, 7) is 6.71. The molecule has 0 bridgehead atoms. The molecule has 0 amide bonds. The molecule has 0 radical (unpaired) electrons. The van der Waals surface area contributed by atoms with E-state index in [2.05, 4.69) is 29.2 Å². The van der Waals surface area contributed by atoms with Crippen LogP contribution in [0.1, 0.15) is 32.1 Å². The highest BCUT2D eigenvalue weighted by Crippen LogP contribution is 2.04. The molecule has 1 heterocycles. The van der Waals surface area contributed by atoms with Crippen LogP contribution in [0, 0.1) is 0 Å². The van der Waals surface area contributed by atoms with E-state index in [9.17, 15) is 0 Å². The fourth-order valence-corrected chi connectivity index (χ4v) is 1.37. The third-order valence-corrected chi connectivity index (χ3v) is 2.12. The second kappa shape index (κ2) is 6.53. The Bertz CT molecular complexity index is 272. The van der Waals surface area contributed by atoms with Crippen molar-refractivity contribution in [1.82, 2.24) is 20.1 Å². The summed E-state index contributed by atoms with van der Waals surface area (Å²) in [7, 11) is 1.72. The third-order valence-electron chi connectivity index (χ3n) is 2.12. The molecule has 5 heteroatoms. The van der Waals surface area contributed by atoms with Crippen LogP contribution in [0.15, 0.2) is 6.33 Å². The first-order valence-corrected chi connectivity index (χ1v) is 5.33. The molecule has 1 N–H and O–H groups in total. The SMILES string of the molecule is COCCCNCc1ncnn1C(C)C. The van der Waals surface area contributed by atoms with Crippen LogP contribution < -0.4 is 5.32 Å². The second-order valence-electron chi connectivity index (χ2n) is 3.74. The molecule has 15 heavy (non-hydrogen) atoms. The highest BCUT2D eigenvalue weighted by atomic mass is 16.5. The molecular formula is C10H20N4O. The zero-order valence-corrected chi connectivity index (χ0v) is 9.73. The van der Waals surface area contributed by atoms with Crippen molar-refractivity contribution < 1.29 is 4.74 Å². The summed E-state index contributed by atoms with van der Waals surface area (Å²) >= 11 is 0. The summed E-state index contributed by atoms with van der Waals surface area (Å²) in [5.74, 6) is 0.988. The van der Waals surface area contributed by atoms with Crippen molar-refractivity contribution >= 4 is 0 Å². The quantitative estimate of drug-likeness (QED) is 0.685. The number of aromatic nitrogens is 3. The third kappa shape index (κ3) is 3.97. The van der Waals surface area contributed by atoms with E-state index in [4.69, 9.17) is 4.74 Å². The van der Waals surface area contributed by atoms with Gasteiger partial charge in [-0.2, -0.15) is 5.10 Å². The molecule has 1 aromatic heterocycles. The number of hydrogen-bond donors (Lipinski definition) is 1. The summed E-state index contributed by atoms with van der Waals surface area (Å²) in [6.07, 6.45) is 2.62. The Morgan fingerprint density at radius 3 is 3.00 bits per heavy atom. The monoisotopic (exact) mass is 212 g/mol. The van der Waals surface area contributed by atoms with E-state index in [0.717, 1.165) is 31.9 Å². The average molecular weight is 212 g/mol. The molecule has 1 rings (SSSR count). The first-order chi connectivity index (χ1) is 7.25. The van der Waals surface area contributed by atoms with E-state index in [1.54, 1.807) is 13.4 Å². The van der Waals surface area contributed by atoms with Gasteiger partial charge in [0.1, 0.15) is 12.2 Å². The molecule has 0 spiro atoms. The molecule has 5 nitrogen and oxygen atoms in total. The molecule has 0 aliphatic carbocycles. The highest BCUT2D eigenvalue weighted by molar-refractivity contribution is 4.85. The van der Waals surface area contributed by atoms with Gasteiger partial charge in [0.05, 0.1) is 6.54 Å². The van der Waals surface area contributed by atoms with Crippen LogP contribution in [-0.2, 0) is 11.3 Å². The number of ether oxygens (including phenoxy) is 1. The van der Waals surface area contributed by atoms with Crippen molar-refractivity contribution in [2.75, 3.05) is 20.3 Å². The number of hydrogen-bond acceptors (Lipinski definition) is 4. The molecule has 0 saturated heterocycles.